The number of aromatic nitrogens is 1. The fourth-order valence-corrected chi connectivity index (χ4v) is 3.77. The van der Waals surface area contributed by atoms with Gasteiger partial charge in [0.1, 0.15) is 6.26 Å². The van der Waals surface area contributed by atoms with Crippen LogP contribution >= 0.6 is 0 Å². The van der Waals surface area contributed by atoms with E-state index < -0.39 is 0 Å². The molecule has 3 aromatic rings. The minimum absolute atomic E-state index is 0.157. The zero-order chi connectivity index (χ0) is 18.6. The molecule has 0 radical (unpaired) electrons. The van der Waals surface area contributed by atoms with Gasteiger partial charge < -0.3 is 9.73 Å². The number of amides is 1. The average Bonchev–Trinajstić information content (AvgIpc) is 3.25. The Kier molecular flexibility index (Phi) is 5.05. The molecule has 1 aliphatic carbocycles. The third-order valence-corrected chi connectivity index (χ3v) is 5.36. The molecule has 1 fully saturated rings. The third kappa shape index (κ3) is 3.95. The SMILES string of the molecule is Cc1ccc(-c2ncco2)cc1-c1ccc(NC(=O)C2CCCCC2)cc1. The van der Waals surface area contributed by atoms with E-state index in [0.717, 1.165) is 48.1 Å². The Morgan fingerprint density at radius 3 is 2.48 bits per heavy atom. The van der Waals surface area contributed by atoms with Crippen molar-refractivity contribution in [1.82, 2.24) is 4.98 Å². The monoisotopic (exact) mass is 360 g/mol. The number of benzene rings is 2. The van der Waals surface area contributed by atoms with E-state index in [0.29, 0.717) is 5.89 Å². The van der Waals surface area contributed by atoms with Crippen molar-refractivity contribution in [3.05, 3.63) is 60.5 Å². The van der Waals surface area contributed by atoms with Gasteiger partial charge in [-0.1, -0.05) is 37.5 Å². The standard InChI is InChI=1S/C23H24N2O2/c1-16-7-8-19(23-24-13-14-27-23)15-21(16)17-9-11-20(12-10-17)25-22(26)18-5-3-2-4-6-18/h7-15,18H,2-6H2,1H3,(H,25,26). The van der Waals surface area contributed by atoms with Gasteiger partial charge >= 0.3 is 0 Å². The highest BCUT2D eigenvalue weighted by Crippen LogP contribution is 2.30. The molecular weight excluding hydrogens is 336 g/mol. The summed E-state index contributed by atoms with van der Waals surface area (Å²) >= 11 is 0. The lowest BCUT2D eigenvalue weighted by molar-refractivity contribution is -0.120. The third-order valence-electron chi connectivity index (χ3n) is 5.36. The summed E-state index contributed by atoms with van der Waals surface area (Å²) in [5.41, 5.74) is 5.24. The first kappa shape index (κ1) is 17.5. The van der Waals surface area contributed by atoms with Crippen LogP contribution in [-0.4, -0.2) is 10.9 Å². The highest BCUT2D eigenvalue weighted by Gasteiger charge is 2.21. The fourth-order valence-electron chi connectivity index (χ4n) is 3.77. The number of carbonyl (C=O) groups is 1. The van der Waals surface area contributed by atoms with Crippen molar-refractivity contribution in [2.24, 2.45) is 5.92 Å². The second-order valence-corrected chi connectivity index (χ2v) is 7.27. The Balaban J connectivity index is 1.52. The second kappa shape index (κ2) is 7.78. The second-order valence-electron chi connectivity index (χ2n) is 7.27. The van der Waals surface area contributed by atoms with Crippen molar-refractivity contribution < 1.29 is 9.21 Å². The highest BCUT2D eigenvalue weighted by atomic mass is 16.3. The van der Waals surface area contributed by atoms with Crippen LogP contribution < -0.4 is 5.32 Å². The van der Waals surface area contributed by atoms with Crippen LogP contribution in [0.1, 0.15) is 37.7 Å². The molecule has 1 N–H and O–H groups in total. The lowest BCUT2D eigenvalue weighted by Gasteiger charge is -2.20. The van der Waals surface area contributed by atoms with Crippen molar-refractivity contribution in [2.45, 2.75) is 39.0 Å². The topological polar surface area (TPSA) is 55.1 Å². The number of nitrogens with one attached hydrogen (secondary N) is 1. The first-order valence-corrected chi connectivity index (χ1v) is 9.62. The Hall–Kier alpha value is -2.88. The van der Waals surface area contributed by atoms with Gasteiger partial charge in [0, 0.05) is 17.2 Å². The summed E-state index contributed by atoms with van der Waals surface area (Å²) in [4.78, 5) is 16.7. The summed E-state index contributed by atoms with van der Waals surface area (Å²) < 4.78 is 5.41. The fraction of sp³-hybridized carbons (Fsp3) is 0.304. The minimum Gasteiger partial charge on any atom is -0.445 e. The largest absolute Gasteiger partial charge is 0.445 e. The van der Waals surface area contributed by atoms with E-state index in [-0.39, 0.29) is 11.8 Å². The van der Waals surface area contributed by atoms with Crippen LogP contribution in [0.3, 0.4) is 0 Å². The van der Waals surface area contributed by atoms with Crippen molar-refractivity contribution in [1.29, 1.82) is 0 Å². The van der Waals surface area contributed by atoms with Gasteiger partial charge in [0.2, 0.25) is 11.8 Å². The van der Waals surface area contributed by atoms with Crippen molar-refractivity contribution in [3.8, 4) is 22.6 Å². The van der Waals surface area contributed by atoms with E-state index in [1.165, 1.54) is 12.0 Å². The number of rotatable bonds is 4. The predicted molar refractivity (Wildman–Crippen MR) is 107 cm³/mol. The predicted octanol–water partition coefficient (Wildman–Crippen LogP) is 5.84. The summed E-state index contributed by atoms with van der Waals surface area (Å²) in [5, 5.41) is 3.07. The van der Waals surface area contributed by atoms with Gasteiger partial charge in [-0.2, -0.15) is 0 Å². The molecule has 1 heterocycles. The molecule has 0 bridgehead atoms. The lowest BCUT2D eigenvalue weighted by atomic mass is 9.88. The number of anilines is 1. The summed E-state index contributed by atoms with van der Waals surface area (Å²) in [6, 6.07) is 14.3. The first-order valence-electron chi connectivity index (χ1n) is 9.62. The minimum atomic E-state index is 0.157. The molecule has 0 saturated heterocycles. The van der Waals surface area contributed by atoms with E-state index in [2.05, 4.69) is 41.5 Å². The Labute approximate surface area is 159 Å². The molecule has 0 spiro atoms. The van der Waals surface area contributed by atoms with Crippen LogP contribution in [-0.2, 0) is 4.79 Å². The first-order chi connectivity index (χ1) is 13.2. The molecule has 27 heavy (non-hydrogen) atoms. The maximum Gasteiger partial charge on any atom is 0.227 e. The van der Waals surface area contributed by atoms with E-state index in [9.17, 15) is 4.79 Å². The van der Waals surface area contributed by atoms with Gasteiger partial charge in [-0.3, -0.25) is 4.79 Å². The normalized spacial score (nSPS) is 14.9. The lowest BCUT2D eigenvalue weighted by Crippen LogP contribution is -2.24. The summed E-state index contributed by atoms with van der Waals surface area (Å²) in [6.45, 7) is 2.09. The van der Waals surface area contributed by atoms with Crippen LogP contribution in [0.4, 0.5) is 5.69 Å². The van der Waals surface area contributed by atoms with Crippen molar-refractivity contribution in [3.63, 3.8) is 0 Å². The molecule has 4 rings (SSSR count). The van der Waals surface area contributed by atoms with E-state index in [4.69, 9.17) is 4.42 Å². The number of carbonyl (C=O) groups excluding carboxylic acids is 1. The maximum absolute atomic E-state index is 12.4. The van der Waals surface area contributed by atoms with E-state index >= 15 is 0 Å². The Bertz CT molecular complexity index is 908. The van der Waals surface area contributed by atoms with E-state index in [1.807, 2.05) is 18.2 Å². The molecule has 1 amide bonds. The molecule has 0 unspecified atom stereocenters. The number of oxazole rings is 1. The summed E-state index contributed by atoms with van der Waals surface area (Å²) in [6.07, 6.45) is 8.84. The molecule has 1 aliphatic rings. The molecule has 4 nitrogen and oxygen atoms in total. The zero-order valence-electron chi connectivity index (χ0n) is 15.6. The molecular formula is C23H24N2O2. The van der Waals surface area contributed by atoms with Gasteiger partial charge in [-0.15, -0.1) is 0 Å². The molecule has 138 valence electrons. The quantitative estimate of drug-likeness (QED) is 0.636. The number of nitrogens with zero attached hydrogens (tertiary/aromatic N) is 1. The van der Waals surface area contributed by atoms with Crippen molar-refractivity contribution in [2.75, 3.05) is 5.32 Å². The van der Waals surface area contributed by atoms with E-state index in [1.54, 1.807) is 12.5 Å². The van der Waals surface area contributed by atoms with Crippen LogP contribution in [0.25, 0.3) is 22.6 Å². The van der Waals surface area contributed by atoms with Gasteiger partial charge in [-0.25, -0.2) is 4.98 Å². The average molecular weight is 360 g/mol. The zero-order valence-corrected chi connectivity index (χ0v) is 15.6. The number of aryl methyl sites for hydroxylation is 1. The summed E-state index contributed by atoms with van der Waals surface area (Å²) in [5.74, 6) is 0.940. The van der Waals surface area contributed by atoms with Crippen LogP contribution in [0.2, 0.25) is 0 Å². The molecule has 2 aromatic carbocycles. The van der Waals surface area contributed by atoms with Gasteiger partial charge in [0.15, 0.2) is 0 Å². The van der Waals surface area contributed by atoms with Crippen LogP contribution in [0.15, 0.2) is 59.3 Å². The molecule has 1 saturated carbocycles. The van der Waals surface area contributed by atoms with Crippen LogP contribution in [0, 0.1) is 12.8 Å². The van der Waals surface area contributed by atoms with Crippen LogP contribution in [0.5, 0.6) is 0 Å². The Morgan fingerprint density at radius 2 is 1.78 bits per heavy atom. The number of hydrogen-bond donors (Lipinski definition) is 1. The summed E-state index contributed by atoms with van der Waals surface area (Å²) in [7, 11) is 0. The molecule has 1 aromatic heterocycles. The van der Waals surface area contributed by atoms with Gasteiger partial charge in [0.05, 0.1) is 6.20 Å². The molecule has 0 atom stereocenters. The van der Waals surface area contributed by atoms with Crippen molar-refractivity contribution >= 4 is 11.6 Å². The van der Waals surface area contributed by atoms with Gasteiger partial charge in [0.25, 0.3) is 0 Å². The smallest absolute Gasteiger partial charge is 0.227 e. The highest BCUT2D eigenvalue weighted by molar-refractivity contribution is 5.92. The number of hydrogen-bond acceptors (Lipinski definition) is 3. The maximum atomic E-state index is 12.4. The Morgan fingerprint density at radius 1 is 1.04 bits per heavy atom. The van der Waals surface area contributed by atoms with Gasteiger partial charge in [-0.05, 0) is 60.7 Å². The molecule has 0 aliphatic heterocycles. The molecule has 4 heteroatoms.